The van der Waals surface area contributed by atoms with Gasteiger partial charge in [-0.25, -0.2) is 8.42 Å². The van der Waals surface area contributed by atoms with E-state index in [2.05, 4.69) is 98.0 Å². The molecule has 0 radical (unpaired) electrons. The van der Waals surface area contributed by atoms with Crippen LogP contribution in [0, 0.1) is 28.6 Å². The molecule has 8 aliphatic rings. The fraction of sp³-hybridized carbons (Fsp3) is 0.520. The Morgan fingerprint density at radius 1 is 0.663 bits per heavy atom. The number of carbonyl (C=O) groups excluding carboxylic acids is 2. The number of hydrogen-bond donors (Lipinski definition) is 2. The first kappa shape index (κ1) is 77.0. The number of halogens is 2. The molecule has 0 amide bonds. The Balaban J connectivity index is 0.000000164. The van der Waals surface area contributed by atoms with E-state index in [9.17, 15) is 32.4 Å². The van der Waals surface area contributed by atoms with Crippen LogP contribution in [0.1, 0.15) is 131 Å². The molecule has 15 atom stereocenters. The highest BCUT2D eigenvalue weighted by atomic mass is 35.5. The zero-order valence-electron chi connectivity index (χ0n) is 59.6. The number of nitrogens with zero attached hydrogens (tertiary/aromatic N) is 5. The molecule has 6 aromatic rings. The van der Waals surface area contributed by atoms with Gasteiger partial charge in [0.25, 0.3) is 11.8 Å². The number of rotatable bonds is 16. The fourth-order valence-corrected chi connectivity index (χ4v) is 25.0. The number of hydroxylamine groups is 1. The summed E-state index contributed by atoms with van der Waals surface area (Å²) >= 11 is 14.6. The number of fused-ring (bicyclic) bond motifs is 5. The molecule has 2 bridgehead atoms. The van der Waals surface area contributed by atoms with Gasteiger partial charge in [-0.2, -0.15) is 0 Å². The van der Waals surface area contributed by atoms with Crippen LogP contribution >= 0.6 is 35.0 Å². The molecule has 19 nitrogen and oxygen atoms in total. The Bertz CT molecular complexity index is 4240. The Kier molecular flexibility index (Phi) is 20.8. The van der Waals surface area contributed by atoms with Gasteiger partial charge in [0.15, 0.2) is 43.7 Å². The van der Waals surface area contributed by atoms with Crippen molar-refractivity contribution < 1.29 is 64.6 Å². The van der Waals surface area contributed by atoms with Gasteiger partial charge in [0.2, 0.25) is 27.3 Å². The number of thioether (sulfide) groups is 1. The molecule has 546 valence electrons. The lowest BCUT2D eigenvalue weighted by Crippen LogP contribution is -2.68. The molecule has 2 saturated carbocycles. The Hall–Kier alpha value is -5.14. The lowest BCUT2D eigenvalue weighted by atomic mass is 9.65. The van der Waals surface area contributed by atoms with Crippen LogP contribution in [0.15, 0.2) is 164 Å². The average molecular weight is 1520 g/mol. The Morgan fingerprint density at radius 2 is 1.09 bits per heavy atom. The first-order valence-electron chi connectivity index (χ1n) is 33.9. The van der Waals surface area contributed by atoms with Gasteiger partial charge in [0, 0.05) is 33.0 Å². The summed E-state index contributed by atoms with van der Waals surface area (Å²) in [6.07, 6.45) is 7.50. The molecule has 2 aliphatic heterocycles. The lowest BCUT2D eigenvalue weighted by Gasteiger charge is -2.53. The van der Waals surface area contributed by atoms with Crippen molar-refractivity contribution in [2.75, 3.05) is 33.9 Å². The summed E-state index contributed by atoms with van der Waals surface area (Å²) in [5.41, 5.74) is -3.44. The highest BCUT2D eigenvalue weighted by Gasteiger charge is 2.97. The molecular weight excluding hydrogens is 1420 g/mol. The zero-order valence-corrected chi connectivity index (χ0v) is 65.6. The van der Waals surface area contributed by atoms with Crippen molar-refractivity contribution in [3.63, 3.8) is 0 Å². The van der Waals surface area contributed by atoms with E-state index in [-0.39, 0.29) is 75.9 Å². The van der Waals surface area contributed by atoms with Crippen LogP contribution in [0.5, 0.6) is 11.8 Å². The van der Waals surface area contributed by atoms with E-state index in [1.54, 1.807) is 30.0 Å². The van der Waals surface area contributed by atoms with Crippen molar-refractivity contribution in [1.29, 1.82) is 0 Å². The minimum atomic E-state index is -3.36. The van der Waals surface area contributed by atoms with Gasteiger partial charge in [-0.3, -0.25) is 28.4 Å². The number of aliphatic hydroxyl groups is 2. The summed E-state index contributed by atoms with van der Waals surface area (Å²) in [4.78, 5) is 40.2. The van der Waals surface area contributed by atoms with Crippen LogP contribution in [0.4, 0.5) is 0 Å². The van der Waals surface area contributed by atoms with E-state index < -0.39 is 117 Å². The molecule has 4 heterocycles. The van der Waals surface area contributed by atoms with Crippen molar-refractivity contribution >= 4 is 84.0 Å². The van der Waals surface area contributed by atoms with Gasteiger partial charge in [-0.1, -0.05) is 207 Å². The standard InChI is InChI=1S/C32H40N2O6SSi.C32H40N2O5SSi.C10H13Cl2NO3S.CH4/c1-31(2,3)42(6,7)40-29-24(41(37)22-16-12-9-13-17-22)19-18-23-26(34(4)5)27-25(28(35)32(23,29)36)30(33-39-27)38-20-21-14-10-8-11-15-21;1-31(2,3)41(6,7)39-29-24(40-22-16-12-9-13-17-22)19-18-23-26(34(4)5)27-25(28(35)32(23,29)36)30(33-38-27)37-20-21-14-10-8-11-15-21;1-7(2)6-3-4-8(7)5-17(14,15)13-10(8,16-13)9(6,11)12;/h8-19,23-24,26,29,36H,20H2,1-7H3;8-19,23-24,26,29,36H,20H2,1-7H3;6H,3-5H2,1-2H3;1H4/t23-,24+,26-,29+,32+,41?;23-,24+,26-,29+,32+;;/m00../s1. The molecule has 2 N–H and O–H groups in total. The SMILES string of the molecule is C.CC1(C)C2CCC13CS(=O)(=O)N1OC13C2(Cl)Cl.CN(C)[C@@H]1c2onc(OCc3ccccc3)c2C(=O)[C@@]2(O)[C@H](O[Si](C)(C)C(C)(C)C)[C@H](S(=O)c3ccccc3)C=C[C@@H]12.CN(C)[C@@H]1c2onc(OCc3ccccc3)c2C(=O)[C@@]2(O)[C@H](O[Si](C)(C)C(C)(C)C)[C@H](Sc3ccccc3)C=C[C@@H]12. The summed E-state index contributed by atoms with van der Waals surface area (Å²) in [5, 5.41) is 32.6. The number of sulfonamides is 1. The van der Waals surface area contributed by atoms with Crippen LogP contribution in [-0.4, -0.2) is 154 Å². The summed E-state index contributed by atoms with van der Waals surface area (Å²) in [6.45, 7) is 25.8. The van der Waals surface area contributed by atoms with Crippen molar-refractivity contribution in [2.45, 2.75) is 191 Å². The van der Waals surface area contributed by atoms with Crippen LogP contribution in [-0.2, 0) is 47.7 Å². The number of ketones is 2. The van der Waals surface area contributed by atoms with Crippen molar-refractivity contribution in [3.8, 4) is 11.8 Å². The second-order valence-corrected chi connectivity index (χ2v) is 47.3. The molecule has 4 fully saturated rings. The van der Waals surface area contributed by atoms with Gasteiger partial charge in [0.1, 0.15) is 30.4 Å². The number of hydrogen-bond acceptors (Lipinski definition) is 19. The van der Waals surface area contributed by atoms with Gasteiger partial charge >= 0.3 is 0 Å². The average Bonchev–Trinajstić information content (AvgIpc) is 1.43. The summed E-state index contributed by atoms with van der Waals surface area (Å²) in [7, 11) is -2.45. The number of benzene rings is 4. The molecular formula is C75H97Cl2N5O14S3Si2. The third-order valence-corrected chi connectivity index (χ3v) is 37.6. The topological polar surface area (TPSA) is 237 Å². The van der Waals surface area contributed by atoms with Gasteiger partial charge in [-0.05, 0) is 133 Å². The quantitative estimate of drug-likeness (QED) is 0.0396. The van der Waals surface area contributed by atoms with E-state index in [0.717, 1.165) is 33.3 Å². The highest BCUT2D eigenvalue weighted by molar-refractivity contribution is 8.00. The maximum atomic E-state index is 14.6. The molecule has 2 aromatic heterocycles. The molecule has 6 aliphatic carbocycles. The number of ether oxygens (including phenoxy) is 2. The van der Waals surface area contributed by atoms with Crippen molar-refractivity contribution in [2.24, 2.45) is 28.6 Å². The number of aromatic nitrogens is 2. The molecule has 5 unspecified atom stereocenters. The summed E-state index contributed by atoms with van der Waals surface area (Å²) in [6, 6.07) is 37.4. The maximum absolute atomic E-state index is 14.6. The zero-order chi connectivity index (χ0) is 72.5. The Labute approximate surface area is 613 Å². The highest BCUT2D eigenvalue weighted by Crippen LogP contribution is 2.85. The van der Waals surface area contributed by atoms with Crippen LogP contribution < -0.4 is 9.47 Å². The van der Waals surface area contributed by atoms with E-state index in [1.165, 1.54) is 0 Å². The first-order valence-corrected chi connectivity index (χ1v) is 44.2. The van der Waals surface area contributed by atoms with Crippen molar-refractivity contribution in [1.82, 2.24) is 24.6 Å². The molecule has 2 spiro atoms. The predicted octanol–water partition coefficient (Wildman–Crippen LogP) is 14.6. The third kappa shape index (κ3) is 12.6. The van der Waals surface area contributed by atoms with Crippen molar-refractivity contribution in [3.05, 3.63) is 179 Å². The second kappa shape index (κ2) is 27.3. The van der Waals surface area contributed by atoms with Crippen LogP contribution in [0.25, 0.3) is 0 Å². The smallest absolute Gasteiger partial charge is 0.265 e. The lowest BCUT2D eigenvalue weighted by molar-refractivity contribution is -0.0924. The molecule has 4 aromatic carbocycles. The predicted molar refractivity (Wildman–Crippen MR) is 398 cm³/mol. The Morgan fingerprint density at radius 3 is 1.52 bits per heavy atom. The second-order valence-electron chi connectivity index (χ2n) is 31.8. The van der Waals surface area contributed by atoms with E-state index in [4.69, 9.17) is 55.4 Å². The third-order valence-electron chi connectivity index (χ3n) is 23.1. The number of Topliss-reactive ketones (excluding diaryl/α,β-unsaturated/α-hetero) is 2. The monoisotopic (exact) mass is 1510 g/mol. The largest absolute Gasteiger partial charge is 0.470 e. The molecule has 2 saturated heterocycles. The molecule has 14 rings (SSSR count). The van der Waals surface area contributed by atoms with E-state index in [0.29, 0.717) is 16.4 Å². The van der Waals surface area contributed by atoms with Crippen LogP contribution in [0.2, 0.25) is 36.3 Å². The normalized spacial score (nSPS) is 31.5. The van der Waals surface area contributed by atoms with Crippen LogP contribution in [0.3, 0.4) is 0 Å². The van der Waals surface area contributed by atoms with E-state index in [1.807, 2.05) is 159 Å². The van der Waals surface area contributed by atoms with Gasteiger partial charge < -0.3 is 37.6 Å². The van der Waals surface area contributed by atoms with Gasteiger partial charge in [-0.15, -0.1) is 11.8 Å². The summed E-state index contributed by atoms with van der Waals surface area (Å²) in [5.74, 6) is -1.33. The van der Waals surface area contributed by atoms with Gasteiger partial charge in [0.05, 0.1) is 45.2 Å². The molecule has 101 heavy (non-hydrogen) atoms. The summed E-state index contributed by atoms with van der Waals surface area (Å²) < 4.78 is 75.8. The first-order chi connectivity index (χ1) is 46.7. The minimum absolute atomic E-state index is 0. The fourth-order valence-electron chi connectivity index (χ4n) is 15.7. The number of alkyl halides is 2. The number of carbonyl (C=O) groups is 2. The molecule has 26 heteroatoms. The van der Waals surface area contributed by atoms with E-state index >= 15 is 0 Å². The maximum Gasteiger partial charge on any atom is 0.265 e. The minimum Gasteiger partial charge on any atom is -0.470 e.